The summed E-state index contributed by atoms with van der Waals surface area (Å²) in [7, 11) is 1.65. The molecule has 0 unspecified atom stereocenters. The monoisotopic (exact) mass is 548 g/mol. The first-order chi connectivity index (χ1) is 18.4. The molecule has 0 bridgehead atoms. The number of hydrogen-bond acceptors (Lipinski definition) is 8. The average Bonchev–Trinajstić information content (AvgIpc) is 3.24. The van der Waals surface area contributed by atoms with E-state index >= 15 is 0 Å². The zero-order chi connectivity index (χ0) is 28.3. The molecule has 2 amide bonds. The Hall–Kier alpha value is -4.53. The molecule has 2 heterocycles. The third kappa shape index (κ3) is 6.49. The topological polar surface area (TPSA) is 149 Å². The summed E-state index contributed by atoms with van der Waals surface area (Å²) in [4.78, 5) is 32.5. The molecule has 0 aliphatic heterocycles. The summed E-state index contributed by atoms with van der Waals surface area (Å²) in [5, 5.41) is 12.4. The summed E-state index contributed by atoms with van der Waals surface area (Å²) in [5.74, 6) is -3.32. The van der Waals surface area contributed by atoms with E-state index in [1.54, 1.807) is 37.6 Å². The van der Waals surface area contributed by atoms with Gasteiger partial charge in [-0.1, -0.05) is 0 Å². The lowest BCUT2D eigenvalue weighted by atomic mass is 10.1. The molecule has 0 fully saturated rings. The molecule has 15 heteroatoms. The number of aryl methyl sites for hydroxylation is 1. The number of carbonyl (C=O) groups is 2. The van der Waals surface area contributed by atoms with E-state index < -0.39 is 30.4 Å². The summed E-state index contributed by atoms with van der Waals surface area (Å²) in [5.41, 5.74) is 7.01. The van der Waals surface area contributed by atoms with Gasteiger partial charge < -0.3 is 26.4 Å². The summed E-state index contributed by atoms with van der Waals surface area (Å²) in [6.07, 6.45) is -2.03. The first kappa shape index (κ1) is 27.5. The zero-order valence-corrected chi connectivity index (χ0v) is 20.8. The van der Waals surface area contributed by atoms with Gasteiger partial charge in [0.1, 0.15) is 12.1 Å². The number of fused-ring (bicyclic) bond motifs is 2. The Morgan fingerprint density at radius 2 is 1.97 bits per heavy atom. The SMILES string of the molecule is C[C@@H](N)CNc1ccc(C(=O)Nc2cc(F)c3nn(C)cc3c2)c2nc(OCCNC(=O)C(F)(F)F)ncc12. The summed E-state index contributed by atoms with van der Waals surface area (Å²) in [6.45, 7) is 1.39. The smallest absolute Gasteiger partial charge is 0.462 e. The fraction of sp³-hybridized carbons (Fsp3) is 0.292. The van der Waals surface area contributed by atoms with E-state index in [0.717, 1.165) is 6.07 Å². The van der Waals surface area contributed by atoms with Gasteiger partial charge in [-0.2, -0.15) is 23.3 Å². The van der Waals surface area contributed by atoms with Crippen LogP contribution in [0.5, 0.6) is 6.01 Å². The number of carbonyl (C=O) groups excluding carboxylic acids is 2. The van der Waals surface area contributed by atoms with Crippen LogP contribution in [0.25, 0.3) is 21.8 Å². The molecule has 206 valence electrons. The molecule has 4 rings (SSSR count). The van der Waals surface area contributed by atoms with Crippen molar-refractivity contribution < 1.29 is 31.9 Å². The van der Waals surface area contributed by atoms with E-state index in [0.29, 0.717) is 23.0 Å². The first-order valence-electron chi connectivity index (χ1n) is 11.6. The van der Waals surface area contributed by atoms with Crippen LogP contribution in [0.3, 0.4) is 0 Å². The first-order valence-corrected chi connectivity index (χ1v) is 11.6. The molecule has 2 aromatic carbocycles. The van der Waals surface area contributed by atoms with Gasteiger partial charge >= 0.3 is 18.1 Å². The number of aromatic nitrogens is 4. The minimum atomic E-state index is -5.02. The Bertz CT molecular complexity index is 1540. The minimum Gasteiger partial charge on any atom is -0.462 e. The summed E-state index contributed by atoms with van der Waals surface area (Å²) >= 11 is 0. The van der Waals surface area contributed by atoms with Crippen LogP contribution in [-0.4, -0.2) is 63.5 Å². The highest BCUT2D eigenvalue weighted by Crippen LogP contribution is 2.28. The van der Waals surface area contributed by atoms with Gasteiger partial charge in [0.05, 0.1) is 17.6 Å². The fourth-order valence-electron chi connectivity index (χ4n) is 3.67. The number of benzene rings is 2. The van der Waals surface area contributed by atoms with Crippen molar-refractivity contribution in [3.63, 3.8) is 0 Å². The molecule has 0 aliphatic rings. The van der Waals surface area contributed by atoms with Crippen LogP contribution >= 0.6 is 0 Å². The van der Waals surface area contributed by atoms with E-state index in [9.17, 15) is 27.2 Å². The molecule has 0 saturated heterocycles. The number of anilines is 2. The van der Waals surface area contributed by atoms with Gasteiger partial charge in [0.2, 0.25) is 0 Å². The third-order valence-electron chi connectivity index (χ3n) is 5.40. The zero-order valence-electron chi connectivity index (χ0n) is 20.8. The lowest BCUT2D eigenvalue weighted by molar-refractivity contribution is -0.173. The van der Waals surface area contributed by atoms with Gasteiger partial charge in [0.15, 0.2) is 5.82 Å². The summed E-state index contributed by atoms with van der Waals surface area (Å²) < 4.78 is 58.3. The number of halogens is 4. The second kappa shape index (κ2) is 11.1. The highest BCUT2D eigenvalue weighted by Gasteiger charge is 2.38. The van der Waals surface area contributed by atoms with E-state index in [1.807, 2.05) is 0 Å². The summed E-state index contributed by atoms with van der Waals surface area (Å²) in [6, 6.07) is 5.44. The predicted octanol–water partition coefficient (Wildman–Crippen LogP) is 2.72. The highest BCUT2D eigenvalue weighted by molar-refractivity contribution is 6.14. The second-order valence-corrected chi connectivity index (χ2v) is 8.69. The van der Waals surface area contributed by atoms with Gasteiger partial charge in [-0.05, 0) is 31.2 Å². The molecule has 2 aromatic heterocycles. The molecule has 1 atom stereocenters. The van der Waals surface area contributed by atoms with Crippen LogP contribution in [0.15, 0.2) is 36.7 Å². The molecule has 0 aliphatic carbocycles. The number of alkyl halides is 3. The standard InChI is InChI=1S/C24H24F4N8O3/c1-12(29)9-31-18-4-3-15(21(37)33-14-7-13-11-36(2)35-19(13)17(25)8-14)20-16(18)10-32-23(34-20)39-6-5-30-22(38)24(26,27)28/h3-4,7-8,10-12,31H,5-6,9,29H2,1-2H3,(H,30,38)(H,33,37)/t12-/m1/s1. The third-order valence-corrected chi connectivity index (χ3v) is 5.40. The van der Waals surface area contributed by atoms with Crippen LogP contribution in [0.2, 0.25) is 0 Å². The van der Waals surface area contributed by atoms with E-state index in [2.05, 4.69) is 25.7 Å². The quantitative estimate of drug-likeness (QED) is 0.184. The van der Waals surface area contributed by atoms with E-state index in [-0.39, 0.29) is 40.9 Å². The largest absolute Gasteiger partial charge is 0.471 e. The fourth-order valence-corrected chi connectivity index (χ4v) is 3.67. The van der Waals surface area contributed by atoms with Gasteiger partial charge in [-0.15, -0.1) is 0 Å². The Morgan fingerprint density at radius 3 is 2.69 bits per heavy atom. The van der Waals surface area contributed by atoms with Crippen LogP contribution in [0.1, 0.15) is 17.3 Å². The van der Waals surface area contributed by atoms with Crippen molar-refractivity contribution in [1.29, 1.82) is 0 Å². The minimum absolute atomic E-state index is 0.0978. The van der Waals surface area contributed by atoms with Crippen molar-refractivity contribution >= 4 is 45.0 Å². The molecule has 0 spiro atoms. The maximum absolute atomic E-state index is 14.5. The normalized spacial score (nSPS) is 12.4. The van der Waals surface area contributed by atoms with Crippen LogP contribution < -0.4 is 26.4 Å². The molecule has 39 heavy (non-hydrogen) atoms. The molecule has 4 aromatic rings. The predicted molar refractivity (Wildman–Crippen MR) is 135 cm³/mol. The Morgan fingerprint density at radius 1 is 1.21 bits per heavy atom. The van der Waals surface area contributed by atoms with Crippen molar-refractivity contribution in [1.82, 2.24) is 25.1 Å². The number of hydrogen-bond donors (Lipinski definition) is 4. The molecule has 0 radical (unpaired) electrons. The number of amides is 2. The van der Waals surface area contributed by atoms with Crippen molar-refractivity contribution in [2.45, 2.75) is 19.1 Å². The van der Waals surface area contributed by atoms with E-state index in [1.165, 1.54) is 16.9 Å². The van der Waals surface area contributed by atoms with Crippen LogP contribution in [0, 0.1) is 5.82 Å². The van der Waals surface area contributed by atoms with Crippen LogP contribution in [-0.2, 0) is 11.8 Å². The highest BCUT2D eigenvalue weighted by atomic mass is 19.4. The molecular weight excluding hydrogens is 524 g/mol. The van der Waals surface area contributed by atoms with Gasteiger partial charge in [-0.3, -0.25) is 14.3 Å². The number of rotatable bonds is 9. The van der Waals surface area contributed by atoms with Gasteiger partial charge in [-0.25, -0.2) is 9.37 Å². The molecule has 5 N–H and O–H groups in total. The molecular formula is C24H24F4N8O3. The Kier molecular flexibility index (Phi) is 7.80. The maximum atomic E-state index is 14.5. The van der Waals surface area contributed by atoms with Crippen molar-refractivity contribution in [3.05, 3.63) is 48.0 Å². The number of nitrogens with zero attached hydrogens (tertiary/aromatic N) is 4. The lowest BCUT2D eigenvalue weighted by Crippen LogP contribution is -2.38. The Labute approximate surface area is 218 Å². The van der Waals surface area contributed by atoms with Crippen LogP contribution in [0.4, 0.5) is 28.9 Å². The van der Waals surface area contributed by atoms with Crippen molar-refractivity contribution in [3.8, 4) is 6.01 Å². The van der Waals surface area contributed by atoms with E-state index in [4.69, 9.17) is 10.5 Å². The van der Waals surface area contributed by atoms with Crippen molar-refractivity contribution in [2.75, 3.05) is 30.3 Å². The van der Waals surface area contributed by atoms with Gasteiger partial charge in [0, 0.05) is 54.2 Å². The number of nitrogens with one attached hydrogen (secondary N) is 3. The van der Waals surface area contributed by atoms with Crippen molar-refractivity contribution in [2.24, 2.45) is 12.8 Å². The van der Waals surface area contributed by atoms with Gasteiger partial charge in [0.25, 0.3) is 5.91 Å². The Balaban J connectivity index is 1.61. The molecule has 11 nitrogen and oxygen atoms in total. The number of ether oxygens (including phenoxy) is 1. The lowest BCUT2D eigenvalue weighted by Gasteiger charge is -2.15. The maximum Gasteiger partial charge on any atom is 0.471 e. The number of nitrogens with two attached hydrogens (primary N) is 1. The molecule has 0 saturated carbocycles. The second-order valence-electron chi connectivity index (χ2n) is 8.69. The average molecular weight is 549 g/mol.